The van der Waals surface area contributed by atoms with E-state index in [0.29, 0.717) is 18.0 Å². The van der Waals surface area contributed by atoms with Crippen molar-refractivity contribution in [1.82, 2.24) is 0 Å². The van der Waals surface area contributed by atoms with Crippen molar-refractivity contribution < 1.29 is 14.2 Å². The van der Waals surface area contributed by atoms with E-state index in [1.807, 2.05) is 55.5 Å². The van der Waals surface area contributed by atoms with Crippen LogP contribution in [0.2, 0.25) is 0 Å². The Morgan fingerprint density at radius 1 is 0.909 bits per heavy atom. The van der Waals surface area contributed by atoms with Crippen LogP contribution in [-0.4, -0.2) is 20.8 Å². The smallest absolute Gasteiger partial charge is 0.141 e. The summed E-state index contributed by atoms with van der Waals surface area (Å²) in [5, 5.41) is 0. The van der Waals surface area contributed by atoms with E-state index in [0.717, 1.165) is 22.6 Å². The molecule has 0 fully saturated rings. The molecule has 0 amide bonds. The standard InChI is InChI=1S/C18H21NO3/c1-4-22-16-10-14(9-15(12-16)20-2)6-5-13-7-8-18(21-3)17(19)11-13/h5-12H,4,19H2,1-3H3/b6-5+. The predicted molar refractivity (Wildman–Crippen MR) is 90.5 cm³/mol. The van der Waals surface area contributed by atoms with Crippen molar-refractivity contribution in [2.45, 2.75) is 6.92 Å². The lowest BCUT2D eigenvalue weighted by atomic mass is 10.1. The van der Waals surface area contributed by atoms with Gasteiger partial charge in [-0.25, -0.2) is 0 Å². The second-order valence-corrected chi connectivity index (χ2v) is 4.71. The Kier molecular flexibility index (Phi) is 5.31. The van der Waals surface area contributed by atoms with Gasteiger partial charge in [0.05, 0.1) is 26.5 Å². The summed E-state index contributed by atoms with van der Waals surface area (Å²) in [7, 11) is 3.25. The van der Waals surface area contributed by atoms with Crippen molar-refractivity contribution in [1.29, 1.82) is 0 Å². The van der Waals surface area contributed by atoms with E-state index >= 15 is 0 Å². The van der Waals surface area contributed by atoms with Crippen LogP contribution in [0, 0.1) is 0 Å². The first-order valence-corrected chi connectivity index (χ1v) is 7.09. The summed E-state index contributed by atoms with van der Waals surface area (Å²) < 4.78 is 16.0. The van der Waals surface area contributed by atoms with E-state index < -0.39 is 0 Å². The Balaban J connectivity index is 2.25. The average molecular weight is 299 g/mol. The van der Waals surface area contributed by atoms with Crippen LogP contribution in [0.4, 0.5) is 5.69 Å². The number of hydrogen-bond donors (Lipinski definition) is 1. The van der Waals surface area contributed by atoms with Gasteiger partial charge in [-0.05, 0) is 42.3 Å². The Morgan fingerprint density at radius 2 is 1.64 bits per heavy atom. The minimum absolute atomic E-state index is 0.616. The molecule has 0 spiro atoms. The van der Waals surface area contributed by atoms with E-state index in [1.165, 1.54) is 0 Å². The van der Waals surface area contributed by atoms with Crippen molar-refractivity contribution >= 4 is 17.8 Å². The van der Waals surface area contributed by atoms with Gasteiger partial charge in [0.15, 0.2) is 0 Å². The first kappa shape index (κ1) is 15.8. The third-order valence-electron chi connectivity index (χ3n) is 3.17. The topological polar surface area (TPSA) is 53.7 Å². The molecule has 0 saturated heterocycles. The summed E-state index contributed by atoms with van der Waals surface area (Å²) in [6, 6.07) is 11.5. The molecule has 0 aliphatic rings. The molecule has 0 radical (unpaired) electrons. The fraction of sp³-hybridized carbons (Fsp3) is 0.222. The number of nitrogen functional groups attached to an aromatic ring is 1. The predicted octanol–water partition coefficient (Wildman–Crippen LogP) is 3.86. The highest BCUT2D eigenvalue weighted by atomic mass is 16.5. The number of benzene rings is 2. The number of methoxy groups -OCH3 is 2. The van der Waals surface area contributed by atoms with E-state index in [1.54, 1.807) is 14.2 Å². The highest BCUT2D eigenvalue weighted by Crippen LogP contribution is 2.26. The molecule has 4 heteroatoms. The van der Waals surface area contributed by atoms with E-state index in [9.17, 15) is 0 Å². The molecule has 22 heavy (non-hydrogen) atoms. The van der Waals surface area contributed by atoms with Gasteiger partial charge in [-0.15, -0.1) is 0 Å². The van der Waals surface area contributed by atoms with Crippen LogP contribution in [0.5, 0.6) is 17.2 Å². The van der Waals surface area contributed by atoms with Crippen LogP contribution in [0.15, 0.2) is 36.4 Å². The molecular weight excluding hydrogens is 278 g/mol. The zero-order valence-electron chi connectivity index (χ0n) is 13.1. The van der Waals surface area contributed by atoms with E-state index in [4.69, 9.17) is 19.9 Å². The van der Waals surface area contributed by atoms with Crippen LogP contribution in [0.1, 0.15) is 18.1 Å². The van der Waals surface area contributed by atoms with Gasteiger partial charge in [0.25, 0.3) is 0 Å². The number of ether oxygens (including phenoxy) is 3. The number of rotatable bonds is 6. The van der Waals surface area contributed by atoms with Gasteiger partial charge < -0.3 is 19.9 Å². The number of hydrogen-bond acceptors (Lipinski definition) is 4. The Morgan fingerprint density at radius 3 is 2.27 bits per heavy atom. The maximum absolute atomic E-state index is 5.91. The highest BCUT2D eigenvalue weighted by molar-refractivity contribution is 5.73. The third-order valence-corrected chi connectivity index (χ3v) is 3.17. The van der Waals surface area contributed by atoms with Crippen molar-refractivity contribution in [2.75, 3.05) is 26.6 Å². The second kappa shape index (κ2) is 7.41. The highest BCUT2D eigenvalue weighted by Gasteiger charge is 2.01. The minimum atomic E-state index is 0.616. The first-order valence-electron chi connectivity index (χ1n) is 7.09. The van der Waals surface area contributed by atoms with Gasteiger partial charge >= 0.3 is 0 Å². The van der Waals surface area contributed by atoms with Crippen molar-refractivity contribution in [3.05, 3.63) is 47.5 Å². The van der Waals surface area contributed by atoms with Gasteiger partial charge in [-0.2, -0.15) is 0 Å². The van der Waals surface area contributed by atoms with Gasteiger partial charge in [0, 0.05) is 6.07 Å². The van der Waals surface area contributed by atoms with Crippen LogP contribution < -0.4 is 19.9 Å². The fourth-order valence-electron chi connectivity index (χ4n) is 2.11. The quantitative estimate of drug-likeness (QED) is 0.650. The van der Waals surface area contributed by atoms with Crippen LogP contribution in [-0.2, 0) is 0 Å². The summed E-state index contributed by atoms with van der Waals surface area (Å²) in [6.45, 7) is 2.57. The molecule has 0 aliphatic heterocycles. The molecule has 2 aromatic carbocycles. The van der Waals surface area contributed by atoms with Crippen LogP contribution in [0.25, 0.3) is 12.2 Å². The zero-order chi connectivity index (χ0) is 15.9. The number of anilines is 1. The summed E-state index contributed by atoms with van der Waals surface area (Å²) in [4.78, 5) is 0. The molecule has 0 aromatic heterocycles. The average Bonchev–Trinajstić information content (AvgIpc) is 2.53. The van der Waals surface area contributed by atoms with Crippen molar-refractivity contribution in [3.63, 3.8) is 0 Å². The SMILES string of the molecule is CCOc1cc(/C=C/c2ccc(OC)c(N)c2)cc(OC)c1. The zero-order valence-corrected chi connectivity index (χ0v) is 13.1. The summed E-state index contributed by atoms with van der Waals surface area (Å²) in [5.41, 5.74) is 8.52. The number of nitrogens with two attached hydrogens (primary N) is 1. The van der Waals surface area contributed by atoms with Gasteiger partial charge in [-0.1, -0.05) is 18.2 Å². The van der Waals surface area contributed by atoms with E-state index in [2.05, 4.69) is 0 Å². The molecular formula is C18H21NO3. The maximum Gasteiger partial charge on any atom is 0.141 e. The lowest BCUT2D eigenvalue weighted by Gasteiger charge is -2.08. The fourth-order valence-corrected chi connectivity index (χ4v) is 2.11. The molecule has 0 saturated carbocycles. The Labute approximate surface area is 131 Å². The molecule has 116 valence electrons. The van der Waals surface area contributed by atoms with Gasteiger partial charge in [0.2, 0.25) is 0 Å². The summed E-state index contributed by atoms with van der Waals surface area (Å²) in [5.74, 6) is 2.23. The molecule has 4 nitrogen and oxygen atoms in total. The van der Waals surface area contributed by atoms with Crippen molar-refractivity contribution in [2.24, 2.45) is 0 Å². The van der Waals surface area contributed by atoms with Gasteiger partial charge in [0.1, 0.15) is 17.2 Å². The minimum Gasteiger partial charge on any atom is -0.497 e. The molecule has 2 N–H and O–H groups in total. The molecule has 0 aliphatic carbocycles. The van der Waals surface area contributed by atoms with Crippen LogP contribution in [0.3, 0.4) is 0 Å². The maximum atomic E-state index is 5.91. The molecule has 0 unspecified atom stereocenters. The normalized spacial score (nSPS) is 10.7. The molecule has 2 rings (SSSR count). The largest absolute Gasteiger partial charge is 0.497 e. The first-order chi connectivity index (χ1) is 10.7. The summed E-state index contributed by atoms with van der Waals surface area (Å²) >= 11 is 0. The van der Waals surface area contributed by atoms with Crippen molar-refractivity contribution in [3.8, 4) is 17.2 Å². The Bertz CT molecular complexity index is 665. The molecule has 2 aromatic rings. The lowest BCUT2D eigenvalue weighted by Crippen LogP contribution is -1.93. The lowest BCUT2D eigenvalue weighted by molar-refractivity contribution is 0.336. The molecule has 0 bridgehead atoms. The monoisotopic (exact) mass is 299 g/mol. The van der Waals surface area contributed by atoms with Gasteiger partial charge in [-0.3, -0.25) is 0 Å². The molecule has 0 atom stereocenters. The van der Waals surface area contributed by atoms with Crippen LogP contribution >= 0.6 is 0 Å². The van der Waals surface area contributed by atoms with E-state index in [-0.39, 0.29) is 0 Å². The summed E-state index contributed by atoms with van der Waals surface area (Å²) in [6.07, 6.45) is 3.98. The third kappa shape index (κ3) is 3.95. The Hall–Kier alpha value is -2.62. The molecule has 0 heterocycles. The second-order valence-electron chi connectivity index (χ2n) is 4.71.